The standard InChI is InChI=1S/C64H114O15/c1-3-5-7-9-11-13-15-17-19-21-23-25-27-29-31-33-35-37-39-41-43-45-47-56(67)77-52(50-75-63-62(73)60(71)58(69)54(79-63)51-76-64-61(72)59(70)57(68)53(48-65)78-64)49-74-55(66)46-44-42-40-38-36-34-32-30-28-26-24-22-20-18-16-14-12-10-8-6-4-2/h20,22,26,28,32,34,38,40,52-54,57-65,68-73H,3-19,21,23-25,27,29-31,33,35-37,39,41-51H2,1-2H3/b22-20+,28-26+,34-32+,40-38+/t52-,53+,54+,57-,58-,59?,60?,61?,62?,63+,64+/m1/s1. The van der Waals surface area contributed by atoms with Crippen molar-refractivity contribution in [3.8, 4) is 0 Å². The highest BCUT2D eigenvalue weighted by molar-refractivity contribution is 5.70. The van der Waals surface area contributed by atoms with Crippen LogP contribution >= 0.6 is 0 Å². The molecule has 11 atom stereocenters. The molecule has 460 valence electrons. The van der Waals surface area contributed by atoms with E-state index < -0.39 is 99.3 Å². The van der Waals surface area contributed by atoms with Crippen LogP contribution < -0.4 is 0 Å². The SMILES string of the molecule is CCCCCCCCC/C=C/C/C=C/C/C=C/C/C=C/CCCC(=O)OC[C@H](CO[C@H]1O[C@@H](CO[C@H]2O[C@@H](CO)[C@@H](O)C(O)C2O)[C@@H](O)C(O)C1O)OC(=O)CCCCCCCCCCCCCCCCCCCCCCCC. The summed E-state index contributed by atoms with van der Waals surface area (Å²) in [5.74, 6) is -0.979. The van der Waals surface area contributed by atoms with Crippen molar-refractivity contribution >= 4 is 11.9 Å². The van der Waals surface area contributed by atoms with Crippen LogP contribution in [0.4, 0.5) is 0 Å². The van der Waals surface area contributed by atoms with Gasteiger partial charge in [-0.05, 0) is 51.4 Å². The molecule has 0 amide bonds. The van der Waals surface area contributed by atoms with Crippen molar-refractivity contribution in [2.75, 3.05) is 26.4 Å². The zero-order valence-electron chi connectivity index (χ0n) is 49.4. The molecule has 0 aliphatic carbocycles. The Morgan fingerprint density at radius 3 is 1.23 bits per heavy atom. The molecule has 79 heavy (non-hydrogen) atoms. The fourth-order valence-electron chi connectivity index (χ4n) is 9.92. The van der Waals surface area contributed by atoms with Crippen LogP contribution in [0.1, 0.15) is 251 Å². The molecular weight excluding hydrogens is 1010 g/mol. The minimum Gasteiger partial charge on any atom is -0.462 e. The molecule has 0 saturated carbocycles. The van der Waals surface area contributed by atoms with E-state index in [-0.39, 0.29) is 19.4 Å². The third-order valence-corrected chi connectivity index (χ3v) is 15.1. The Kier molecular flexibility index (Phi) is 45.9. The Hall–Kier alpha value is -2.54. The summed E-state index contributed by atoms with van der Waals surface area (Å²) in [5, 5.41) is 72.4. The van der Waals surface area contributed by atoms with Crippen molar-refractivity contribution in [2.45, 2.75) is 319 Å². The molecule has 2 rings (SSSR count). The first-order valence-electron chi connectivity index (χ1n) is 31.7. The number of hydrogen-bond donors (Lipinski definition) is 7. The Balaban J connectivity index is 1.74. The molecule has 0 aromatic carbocycles. The molecule has 2 fully saturated rings. The van der Waals surface area contributed by atoms with Gasteiger partial charge in [-0.15, -0.1) is 0 Å². The first-order valence-corrected chi connectivity index (χ1v) is 31.7. The first-order chi connectivity index (χ1) is 38.5. The summed E-state index contributed by atoms with van der Waals surface area (Å²) in [7, 11) is 0. The Morgan fingerprint density at radius 1 is 0.405 bits per heavy atom. The zero-order chi connectivity index (χ0) is 57.4. The predicted octanol–water partition coefficient (Wildman–Crippen LogP) is 11.8. The number of allylic oxidation sites excluding steroid dienone is 8. The van der Waals surface area contributed by atoms with Gasteiger partial charge < -0.3 is 64.2 Å². The van der Waals surface area contributed by atoms with E-state index in [0.29, 0.717) is 19.3 Å². The maximum Gasteiger partial charge on any atom is 0.306 e. The zero-order valence-corrected chi connectivity index (χ0v) is 49.4. The molecule has 0 aromatic heterocycles. The molecule has 4 unspecified atom stereocenters. The van der Waals surface area contributed by atoms with Crippen LogP contribution in [0, 0.1) is 0 Å². The molecule has 15 nitrogen and oxygen atoms in total. The quantitative estimate of drug-likeness (QED) is 0.0171. The van der Waals surface area contributed by atoms with Gasteiger partial charge >= 0.3 is 11.9 Å². The smallest absolute Gasteiger partial charge is 0.306 e. The van der Waals surface area contributed by atoms with Crippen molar-refractivity contribution in [1.29, 1.82) is 0 Å². The van der Waals surface area contributed by atoms with Gasteiger partial charge in [0.15, 0.2) is 18.7 Å². The minimum atomic E-state index is -1.77. The number of carbonyl (C=O) groups is 2. The van der Waals surface area contributed by atoms with Gasteiger partial charge in [-0.1, -0.05) is 236 Å². The lowest BCUT2D eigenvalue weighted by atomic mass is 9.98. The van der Waals surface area contributed by atoms with E-state index >= 15 is 0 Å². The molecular formula is C64H114O15. The second-order valence-corrected chi connectivity index (χ2v) is 22.2. The van der Waals surface area contributed by atoms with Crippen LogP contribution in [0.5, 0.6) is 0 Å². The molecule has 0 radical (unpaired) electrons. The van der Waals surface area contributed by atoms with Gasteiger partial charge in [0.2, 0.25) is 0 Å². The van der Waals surface area contributed by atoms with Gasteiger partial charge in [-0.3, -0.25) is 9.59 Å². The largest absolute Gasteiger partial charge is 0.462 e. The number of hydrogen-bond acceptors (Lipinski definition) is 15. The number of ether oxygens (including phenoxy) is 6. The number of aliphatic hydroxyl groups excluding tert-OH is 7. The number of rotatable bonds is 51. The van der Waals surface area contributed by atoms with E-state index in [2.05, 4.69) is 56.4 Å². The maximum atomic E-state index is 13.1. The summed E-state index contributed by atoms with van der Waals surface area (Å²) in [6, 6.07) is 0. The molecule has 2 saturated heterocycles. The van der Waals surface area contributed by atoms with Gasteiger partial charge in [0.25, 0.3) is 0 Å². The normalized spacial score (nSPS) is 24.2. The average Bonchev–Trinajstić information content (AvgIpc) is 3.52. The van der Waals surface area contributed by atoms with E-state index in [4.69, 9.17) is 28.4 Å². The van der Waals surface area contributed by atoms with Crippen molar-refractivity contribution < 1.29 is 73.8 Å². The number of carbonyl (C=O) groups excluding carboxylic acids is 2. The highest BCUT2D eigenvalue weighted by Gasteiger charge is 2.47. The topological polar surface area (TPSA) is 231 Å². The monoisotopic (exact) mass is 1120 g/mol. The molecule has 2 heterocycles. The fourth-order valence-corrected chi connectivity index (χ4v) is 9.92. The van der Waals surface area contributed by atoms with Gasteiger partial charge in [-0.2, -0.15) is 0 Å². The second kappa shape index (κ2) is 50.0. The maximum absolute atomic E-state index is 13.1. The van der Waals surface area contributed by atoms with Gasteiger partial charge in [-0.25, -0.2) is 0 Å². The van der Waals surface area contributed by atoms with Crippen LogP contribution in [-0.4, -0.2) is 142 Å². The summed E-state index contributed by atoms with van der Waals surface area (Å²) < 4.78 is 33.7. The van der Waals surface area contributed by atoms with Crippen molar-refractivity contribution in [3.05, 3.63) is 48.6 Å². The molecule has 2 aliphatic heterocycles. The highest BCUT2D eigenvalue weighted by atomic mass is 16.7. The van der Waals surface area contributed by atoms with E-state index in [1.807, 2.05) is 6.08 Å². The summed E-state index contributed by atoms with van der Waals surface area (Å²) in [6.45, 7) is 2.58. The van der Waals surface area contributed by atoms with Gasteiger partial charge in [0, 0.05) is 12.8 Å². The molecule has 7 N–H and O–H groups in total. The van der Waals surface area contributed by atoms with Crippen LogP contribution in [0.15, 0.2) is 48.6 Å². The van der Waals surface area contributed by atoms with Crippen LogP contribution in [0.3, 0.4) is 0 Å². The Bertz CT molecular complexity index is 1550. The predicted molar refractivity (Wildman–Crippen MR) is 312 cm³/mol. The molecule has 0 spiro atoms. The van der Waals surface area contributed by atoms with Crippen molar-refractivity contribution in [3.63, 3.8) is 0 Å². The Labute approximate surface area is 478 Å². The summed E-state index contributed by atoms with van der Waals surface area (Å²) in [6.07, 6.45) is 42.8. The van der Waals surface area contributed by atoms with E-state index in [0.717, 1.165) is 44.9 Å². The highest BCUT2D eigenvalue weighted by Crippen LogP contribution is 2.27. The van der Waals surface area contributed by atoms with Crippen LogP contribution in [0.2, 0.25) is 0 Å². The summed E-state index contributed by atoms with van der Waals surface area (Å²) in [4.78, 5) is 25.9. The molecule has 2 aliphatic rings. The second-order valence-electron chi connectivity index (χ2n) is 22.2. The minimum absolute atomic E-state index is 0.143. The average molecular weight is 1120 g/mol. The first kappa shape index (κ1) is 72.6. The lowest BCUT2D eigenvalue weighted by molar-refractivity contribution is -0.332. The van der Waals surface area contributed by atoms with Crippen molar-refractivity contribution in [2.24, 2.45) is 0 Å². The fraction of sp³-hybridized carbons (Fsp3) is 0.844. The summed E-state index contributed by atoms with van der Waals surface area (Å²) >= 11 is 0. The number of unbranched alkanes of at least 4 members (excludes halogenated alkanes) is 29. The van der Waals surface area contributed by atoms with Gasteiger partial charge in [0.1, 0.15) is 55.4 Å². The third kappa shape index (κ3) is 36.6. The lowest BCUT2D eigenvalue weighted by Gasteiger charge is -2.42. The molecule has 15 heteroatoms. The summed E-state index contributed by atoms with van der Waals surface area (Å²) in [5.41, 5.74) is 0. The lowest BCUT2D eigenvalue weighted by Crippen LogP contribution is -2.61. The van der Waals surface area contributed by atoms with Crippen LogP contribution in [0.25, 0.3) is 0 Å². The Morgan fingerprint density at radius 2 is 0.772 bits per heavy atom. The number of aliphatic hydroxyl groups is 7. The third-order valence-electron chi connectivity index (χ3n) is 15.1. The number of esters is 2. The van der Waals surface area contributed by atoms with Crippen LogP contribution in [-0.2, 0) is 38.0 Å². The van der Waals surface area contributed by atoms with Gasteiger partial charge in [0.05, 0.1) is 19.8 Å². The molecule has 0 aromatic rings. The van der Waals surface area contributed by atoms with E-state index in [1.165, 1.54) is 161 Å². The van der Waals surface area contributed by atoms with Crippen molar-refractivity contribution in [1.82, 2.24) is 0 Å². The molecule has 0 bridgehead atoms. The van der Waals surface area contributed by atoms with E-state index in [1.54, 1.807) is 0 Å². The van der Waals surface area contributed by atoms with E-state index in [9.17, 15) is 45.3 Å².